The van der Waals surface area contributed by atoms with Crippen molar-refractivity contribution in [2.24, 2.45) is 0 Å². The average molecular weight is 226 g/mol. The van der Waals surface area contributed by atoms with E-state index in [0.29, 0.717) is 11.3 Å². The highest BCUT2D eigenvalue weighted by Crippen LogP contribution is 2.32. The molecule has 3 heteroatoms. The normalized spacial score (nSPS) is 17.9. The third-order valence-electron chi connectivity index (χ3n) is 2.63. The highest BCUT2D eigenvalue weighted by Gasteiger charge is 2.28. The van der Waals surface area contributed by atoms with Gasteiger partial charge in [-0.3, -0.25) is 0 Å². The molecule has 0 spiro atoms. The van der Waals surface area contributed by atoms with Crippen LogP contribution in [0.3, 0.4) is 0 Å². The average Bonchev–Trinajstić information content (AvgIpc) is 2.40. The molecule has 0 bridgehead atoms. The van der Waals surface area contributed by atoms with Gasteiger partial charge in [-0.15, -0.1) is 0 Å². The fourth-order valence-electron chi connectivity index (χ4n) is 1.78. The Morgan fingerprint density at radius 2 is 1.53 bits per heavy atom. The van der Waals surface area contributed by atoms with Gasteiger partial charge in [0.15, 0.2) is 0 Å². The molecule has 0 aliphatic carbocycles. The first kappa shape index (κ1) is 9.90. The topological polar surface area (TPSA) is 35.5 Å². The van der Waals surface area contributed by atoms with Crippen molar-refractivity contribution in [3.63, 3.8) is 0 Å². The summed E-state index contributed by atoms with van der Waals surface area (Å²) in [6.07, 6.45) is -0.654. The largest absolute Gasteiger partial charge is 0.450 e. The lowest BCUT2D eigenvalue weighted by atomic mass is 10.1. The number of para-hydroxylation sites is 1. The number of benzene rings is 2. The van der Waals surface area contributed by atoms with Crippen LogP contribution in [0.2, 0.25) is 0 Å². The molecule has 17 heavy (non-hydrogen) atoms. The van der Waals surface area contributed by atoms with E-state index in [1.54, 1.807) is 18.2 Å². The monoisotopic (exact) mass is 226 g/mol. The van der Waals surface area contributed by atoms with Crippen LogP contribution in [0.25, 0.3) is 0 Å². The lowest BCUT2D eigenvalue weighted by Crippen LogP contribution is -2.23. The molecule has 0 aromatic heterocycles. The van der Waals surface area contributed by atoms with Gasteiger partial charge in [0.2, 0.25) is 0 Å². The van der Waals surface area contributed by atoms with E-state index < -0.39 is 6.29 Å². The summed E-state index contributed by atoms with van der Waals surface area (Å²) >= 11 is 0. The van der Waals surface area contributed by atoms with Crippen LogP contribution in [0.15, 0.2) is 54.6 Å². The van der Waals surface area contributed by atoms with E-state index in [0.717, 1.165) is 5.56 Å². The first-order valence-electron chi connectivity index (χ1n) is 5.36. The van der Waals surface area contributed by atoms with Crippen LogP contribution in [0.1, 0.15) is 22.2 Å². The zero-order valence-electron chi connectivity index (χ0n) is 9.00. The summed E-state index contributed by atoms with van der Waals surface area (Å²) < 4.78 is 10.9. The second kappa shape index (κ2) is 3.94. The molecule has 3 nitrogen and oxygen atoms in total. The van der Waals surface area contributed by atoms with E-state index in [2.05, 4.69) is 0 Å². The fraction of sp³-hybridized carbons (Fsp3) is 0.0714. The van der Waals surface area contributed by atoms with Crippen LogP contribution in [-0.2, 0) is 4.74 Å². The zero-order valence-corrected chi connectivity index (χ0v) is 9.00. The quantitative estimate of drug-likeness (QED) is 0.701. The first-order chi connectivity index (χ1) is 8.34. The third-order valence-corrected chi connectivity index (χ3v) is 2.63. The van der Waals surface area contributed by atoms with E-state index in [-0.39, 0.29) is 5.97 Å². The Bertz CT molecular complexity index is 548. The molecule has 84 valence electrons. The molecule has 0 N–H and O–H groups in total. The molecule has 1 unspecified atom stereocenters. The van der Waals surface area contributed by atoms with Crippen molar-refractivity contribution in [2.45, 2.75) is 6.29 Å². The Hall–Kier alpha value is -2.29. The van der Waals surface area contributed by atoms with Gasteiger partial charge < -0.3 is 9.47 Å². The summed E-state index contributed by atoms with van der Waals surface area (Å²) in [6, 6.07) is 16.5. The van der Waals surface area contributed by atoms with Gasteiger partial charge in [0.1, 0.15) is 11.3 Å². The summed E-state index contributed by atoms with van der Waals surface area (Å²) in [6.45, 7) is 0. The van der Waals surface area contributed by atoms with E-state index in [9.17, 15) is 4.79 Å². The summed E-state index contributed by atoms with van der Waals surface area (Å²) in [5, 5.41) is 0. The fourth-order valence-corrected chi connectivity index (χ4v) is 1.78. The maximum atomic E-state index is 11.8. The molecule has 1 atom stereocenters. The van der Waals surface area contributed by atoms with Gasteiger partial charge in [0.05, 0.1) is 0 Å². The third kappa shape index (κ3) is 1.76. The molecular weight excluding hydrogens is 216 g/mol. The number of cyclic esters (lactones) is 1. The lowest BCUT2D eigenvalue weighted by molar-refractivity contribution is -0.0624. The van der Waals surface area contributed by atoms with Crippen molar-refractivity contribution >= 4 is 5.97 Å². The Morgan fingerprint density at radius 3 is 2.35 bits per heavy atom. The zero-order chi connectivity index (χ0) is 11.7. The van der Waals surface area contributed by atoms with Crippen molar-refractivity contribution in [1.29, 1.82) is 0 Å². The Kier molecular flexibility index (Phi) is 2.29. The second-order valence-corrected chi connectivity index (χ2v) is 3.76. The Labute approximate surface area is 98.6 Å². The molecule has 1 heterocycles. The summed E-state index contributed by atoms with van der Waals surface area (Å²) in [5.74, 6) is 0.221. The molecular formula is C14H10O3. The van der Waals surface area contributed by atoms with Crippen LogP contribution in [0.4, 0.5) is 0 Å². The molecule has 2 aromatic carbocycles. The van der Waals surface area contributed by atoms with E-state index in [1.165, 1.54) is 0 Å². The maximum absolute atomic E-state index is 11.8. The molecule has 2 aromatic rings. The van der Waals surface area contributed by atoms with E-state index >= 15 is 0 Å². The number of carbonyl (C=O) groups is 1. The van der Waals surface area contributed by atoms with Gasteiger partial charge in [0.25, 0.3) is 6.29 Å². The van der Waals surface area contributed by atoms with E-state index in [4.69, 9.17) is 9.47 Å². The smallest absolute Gasteiger partial charge is 0.345 e. The first-order valence-corrected chi connectivity index (χ1v) is 5.36. The van der Waals surface area contributed by atoms with Crippen LogP contribution in [0, 0.1) is 0 Å². The number of carbonyl (C=O) groups excluding carboxylic acids is 1. The summed E-state index contributed by atoms with van der Waals surface area (Å²) in [4.78, 5) is 11.8. The van der Waals surface area contributed by atoms with Crippen molar-refractivity contribution < 1.29 is 14.3 Å². The Morgan fingerprint density at radius 1 is 0.824 bits per heavy atom. The molecule has 0 saturated heterocycles. The van der Waals surface area contributed by atoms with Crippen LogP contribution in [-0.4, -0.2) is 5.97 Å². The number of ether oxygens (including phenoxy) is 2. The number of esters is 1. The molecule has 1 aliphatic heterocycles. The van der Waals surface area contributed by atoms with Crippen molar-refractivity contribution in [2.75, 3.05) is 0 Å². The van der Waals surface area contributed by atoms with Gasteiger partial charge in [-0.05, 0) is 12.1 Å². The van der Waals surface area contributed by atoms with Crippen LogP contribution < -0.4 is 4.74 Å². The van der Waals surface area contributed by atoms with Gasteiger partial charge in [0, 0.05) is 5.56 Å². The minimum absolute atomic E-state index is 0.347. The van der Waals surface area contributed by atoms with Crippen molar-refractivity contribution in [1.82, 2.24) is 0 Å². The molecule has 0 radical (unpaired) electrons. The van der Waals surface area contributed by atoms with Gasteiger partial charge in [-0.1, -0.05) is 42.5 Å². The van der Waals surface area contributed by atoms with Gasteiger partial charge in [-0.2, -0.15) is 0 Å². The molecule has 3 rings (SSSR count). The minimum Gasteiger partial charge on any atom is -0.450 e. The number of hydrogen-bond acceptors (Lipinski definition) is 3. The molecule has 0 fully saturated rings. The lowest BCUT2D eigenvalue weighted by Gasteiger charge is -2.25. The van der Waals surface area contributed by atoms with Gasteiger partial charge >= 0.3 is 5.97 Å². The molecule has 1 aliphatic rings. The van der Waals surface area contributed by atoms with Gasteiger partial charge in [-0.25, -0.2) is 4.79 Å². The summed E-state index contributed by atoms with van der Waals surface area (Å²) in [5.41, 5.74) is 1.30. The van der Waals surface area contributed by atoms with Crippen molar-refractivity contribution in [3.05, 3.63) is 65.7 Å². The van der Waals surface area contributed by atoms with E-state index in [1.807, 2.05) is 36.4 Å². The molecule has 0 amide bonds. The minimum atomic E-state index is -0.654. The van der Waals surface area contributed by atoms with Crippen molar-refractivity contribution in [3.8, 4) is 5.75 Å². The summed E-state index contributed by atoms with van der Waals surface area (Å²) in [7, 11) is 0. The van der Waals surface area contributed by atoms with Crippen LogP contribution in [0.5, 0.6) is 5.75 Å². The molecule has 0 saturated carbocycles. The number of fused-ring (bicyclic) bond motifs is 1. The second-order valence-electron chi connectivity index (χ2n) is 3.76. The highest BCUT2D eigenvalue weighted by molar-refractivity contribution is 5.93. The SMILES string of the molecule is O=C1OC(c2ccccc2)Oc2ccccc21. The highest BCUT2D eigenvalue weighted by atomic mass is 16.7. The maximum Gasteiger partial charge on any atom is 0.345 e. The number of hydrogen-bond donors (Lipinski definition) is 0. The number of rotatable bonds is 1. The Balaban J connectivity index is 1.97. The van der Waals surface area contributed by atoms with Crippen LogP contribution >= 0.6 is 0 Å². The predicted octanol–water partition coefficient (Wildman–Crippen LogP) is 2.93. The standard InChI is InChI=1S/C14H10O3/c15-13-11-8-4-5-9-12(11)16-14(17-13)10-6-2-1-3-7-10/h1-9,14H. The predicted molar refractivity (Wildman–Crippen MR) is 61.7 cm³/mol.